The smallest absolute Gasteiger partial charge is 0.225 e. The number of rotatable bonds is 5. The van der Waals surface area contributed by atoms with E-state index in [4.69, 9.17) is 7.16 Å². The van der Waals surface area contributed by atoms with Gasteiger partial charge in [0.25, 0.3) is 0 Å². The van der Waals surface area contributed by atoms with Crippen LogP contribution in [0.25, 0.3) is 0 Å². The molecule has 18 heavy (non-hydrogen) atoms. The number of anilines is 1. The van der Waals surface area contributed by atoms with Crippen molar-refractivity contribution in [1.29, 1.82) is 1.43 Å². The van der Waals surface area contributed by atoms with Gasteiger partial charge in [0.2, 0.25) is 6.94 Å². The fraction of sp³-hybridized carbons (Fsp3) is 0.417. The summed E-state index contributed by atoms with van der Waals surface area (Å²) in [6.45, 7) is 4.95. The number of thiazole rings is 1. The fourth-order valence-corrected chi connectivity index (χ4v) is 2.73. The van der Waals surface area contributed by atoms with E-state index in [0.29, 0.717) is 24.8 Å². The largest absolute Gasteiger partial charge is 0.396 e. The van der Waals surface area contributed by atoms with Crippen molar-refractivity contribution in [2.24, 2.45) is 0 Å². The molecule has 0 radical (unpaired) electrons. The Morgan fingerprint density at radius 2 is 2.39 bits per heavy atom. The van der Waals surface area contributed by atoms with Crippen LogP contribution in [0.15, 0.2) is 11.7 Å². The number of nitrogen functional groups attached to an aromatic ring is 1. The number of nitrogens with zero attached hydrogens (tertiary/aromatic N) is 3. The zero-order chi connectivity index (χ0) is 13.8. The molecule has 0 bridgehead atoms. The molecule has 0 unspecified atom stereocenters. The van der Waals surface area contributed by atoms with E-state index in [-0.39, 0.29) is 0 Å². The normalized spacial score (nSPS) is 11.6. The molecular weight excluding hydrogens is 248 g/mol. The highest BCUT2D eigenvalue weighted by atomic mass is 32.1. The molecule has 0 aliphatic rings. The highest BCUT2D eigenvalue weighted by Crippen LogP contribution is 2.13. The molecule has 0 saturated heterocycles. The minimum atomic E-state index is 0.414. The summed E-state index contributed by atoms with van der Waals surface area (Å²) in [6, 6.07) is 0. The van der Waals surface area contributed by atoms with Crippen LogP contribution in [-0.2, 0) is 13.0 Å². The van der Waals surface area contributed by atoms with Crippen molar-refractivity contribution >= 4 is 17.2 Å². The minimum Gasteiger partial charge on any atom is -0.396 e. The second-order valence-corrected chi connectivity index (χ2v) is 5.08. The van der Waals surface area contributed by atoms with Crippen LogP contribution in [0.4, 0.5) is 5.82 Å². The van der Waals surface area contributed by atoms with Crippen molar-refractivity contribution in [3.63, 3.8) is 0 Å². The summed E-state index contributed by atoms with van der Waals surface area (Å²) < 4.78 is 8.84. The van der Waals surface area contributed by atoms with Crippen LogP contribution in [0.3, 0.4) is 0 Å². The fourth-order valence-electron chi connectivity index (χ4n) is 1.76. The molecular formula is C12H17N4OS+. The van der Waals surface area contributed by atoms with E-state index in [1.165, 1.54) is 10.6 Å². The van der Waals surface area contributed by atoms with E-state index in [1.54, 1.807) is 17.5 Å². The zero-order valence-electron chi connectivity index (χ0n) is 11.5. The third kappa shape index (κ3) is 2.65. The van der Waals surface area contributed by atoms with Gasteiger partial charge in [-0.15, -0.1) is 0 Å². The molecule has 2 aromatic rings. The quantitative estimate of drug-likeness (QED) is 0.777. The zero-order valence-corrected chi connectivity index (χ0v) is 11.3. The van der Waals surface area contributed by atoms with Gasteiger partial charge in [0.1, 0.15) is 11.6 Å². The third-order valence-corrected chi connectivity index (χ3v) is 3.99. The molecule has 2 aromatic heterocycles. The average molecular weight is 266 g/mol. The lowest BCUT2D eigenvalue weighted by Crippen LogP contribution is -2.35. The first kappa shape index (κ1) is 11.6. The summed E-state index contributed by atoms with van der Waals surface area (Å²) in [5.74, 6) is 1.21. The Hall–Kier alpha value is -1.53. The second-order valence-electron chi connectivity index (χ2n) is 4.14. The molecule has 96 valence electrons. The molecule has 6 heteroatoms. The van der Waals surface area contributed by atoms with Gasteiger partial charge in [-0.05, 0) is 6.92 Å². The number of aliphatic hydroxyl groups excluding tert-OH is 1. The molecule has 0 aliphatic heterocycles. The molecule has 0 fully saturated rings. The van der Waals surface area contributed by atoms with Crippen LogP contribution in [0.5, 0.6) is 0 Å². The van der Waals surface area contributed by atoms with Crippen molar-refractivity contribution in [2.75, 3.05) is 12.3 Å². The molecule has 3 N–H and O–H groups in total. The van der Waals surface area contributed by atoms with E-state index in [0.717, 1.165) is 12.0 Å². The molecule has 0 amide bonds. The number of aryl methyl sites for hydroxylation is 1. The molecule has 0 saturated carbocycles. The topological polar surface area (TPSA) is 75.9 Å². The first-order valence-electron chi connectivity index (χ1n) is 6.15. The van der Waals surface area contributed by atoms with Crippen molar-refractivity contribution in [3.8, 4) is 0 Å². The summed E-state index contributed by atoms with van der Waals surface area (Å²) in [6.07, 6.45) is 2.53. The second kappa shape index (κ2) is 5.41. The third-order valence-electron chi connectivity index (χ3n) is 2.84. The van der Waals surface area contributed by atoms with Crippen molar-refractivity contribution in [3.05, 3.63) is 33.7 Å². The Bertz CT molecular complexity index is 573. The van der Waals surface area contributed by atoms with E-state index >= 15 is 0 Å². The Morgan fingerprint density at radius 3 is 3.11 bits per heavy atom. The van der Waals surface area contributed by atoms with Crippen LogP contribution in [-0.4, -0.2) is 23.1 Å². The first-order valence-corrected chi connectivity index (χ1v) is 6.62. The Kier molecular flexibility index (Phi) is 3.47. The maximum Gasteiger partial charge on any atom is 0.225 e. The Morgan fingerprint density at radius 1 is 1.56 bits per heavy atom. The Balaban J connectivity index is 2.17. The standard InChI is InChI=1S/C12H17N4OS/c1-8-11(3-4-17)18-7-16(8)6-10-5-14-9(2)15-12(10)13/h5,7,17H,3-4,6H2,1-2H3,(H2,13,14,15)/q+1/i17D. The van der Waals surface area contributed by atoms with E-state index in [2.05, 4.69) is 26.6 Å². The molecule has 2 heterocycles. The number of hydrogen-bond donors (Lipinski definition) is 2. The predicted molar refractivity (Wildman–Crippen MR) is 70.3 cm³/mol. The summed E-state index contributed by atoms with van der Waals surface area (Å²) in [4.78, 5) is 9.57. The van der Waals surface area contributed by atoms with Crippen LogP contribution in [0.2, 0.25) is 0 Å². The van der Waals surface area contributed by atoms with Crippen molar-refractivity contribution < 1.29 is 9.68 Å². The summed E-state index contributed by atoms with van der Waals surface area (Å²) in [5, 5.41) is 4.37. The number of nitrogens with two attached hydrogens (primary N) is 1. The summed E-state index contributed by atoms with van der Waals surface area (Å²) in [7, 11) is 0. The SMILES string of the molecule is [2H]OCCc1sc[n+](Cc2cnc(C)nc2N)c1C. The molecule has 0 atom stereocenters. The molecule has 5 nitrogen and oxygen atoms in total. The van der Waals surface area contributed by atoms with Crippen molar-refractivity contribution in [2.45, 2.75) is 26.8 Å². The highest BCUT2D eigenvalue weighted by Gasteiger charge is 2.16. The van der Waals surface area contributed by atoms with Gasteiger partial charge in [-0.1, -0.05) is 11.3 Å². The van der Waals surface area contributed by atoms with Crippen molar-refractivity contribution in [1.82, 2.24) is 9.97 Å². The van der Waals surface area contributed by atoms with Gasteiger partial charge in [0.15, 0.2) is 12.2 Å². The molecule has 2 rings (SSSR count). The highest BCUT2D eigenvalue weighted by molar-refractivity contribution is 7.09. The number of hydrogen-bond acceptors (Lipinski definition) is 5. The lowest BCUT2D eigenvalue weighted by Gasteiger charge is -2.01. The first-order chi connectivity index (χ1) is 9.11. The van der Waals surface area contributed by atoms with E-state index in [1.807, 2.05) is 12.4 Å². The van der Waals surface area contributed by atoms with Crippen LogP contribution in [0, 0.1) is 13.8 Å². The van der Waals surface area contributed by atoms with Gasteiger partial charge in [0.05, 0.1) is 10.4 Å². The summed E-state index contributed by atoms with van der Waals surface area (Å²) >= 11 is 1.66. The maximum absolute atomic E-state index is 6.72. The average Bonchev–Trinajstić information content (AvgIpc) is 2.72. The minimum absolute atomic E-state index is 0.414. The van der Waals surface area contributed by atoms with Gasteiger partial charge < -0.3 is 10.8 Å². The lowest BCUT2D eigenvalue weighted by molar-refractivity contribution is -0.689. The number of aliphatic hydroxyl groups is 1. The van der Waals surface area contributed by atoms with Gasteiger partial charge in [-0.25, -0.2) is 9.97 Å². The van der Waals surface area contributed by atoms with Crippen LogP contribution < -0.4 is 10.3 Å². The van der Waals surface area contributed by atoms with Gasteiger partial charge in [-0.2, -0.15) is 4.57 Å². The van der Waals surface area contributed by atoms with Crippen LogP contribution >= 0.6 is 11.3 Å². The summed E-state index contributed by atoms with van der Waals surface area (Å²) in [5.41, 5.74) is 10.0. The molecule has 0 aliphatic carbocycles. The molecule has 0 aromatic carbocycles. The van der Waals surface area contributed by atoms with E-state index < -0.39 is 0 Å². The predicted octanol–water partition coefficient (Wildman–Crippen LogP) is 0.608. The van der Waals surface area contributed by atoms with Gasteiger partial charge in [-0.3, -0.25) is 0 Å². The molecule has 0 spiro atoms. The monoisotopic (exact) mass is 266 g/mol. The maximum atomic E-state index is 6.72. The number of aromatic nitrogens is 3. The Labute approximate surface area is 111 Å². The van der Waals surface area contributed by atoms with E-state index in [9.17, 15) is 0 Å². The van der Waals surface area contributed by atoms with Crippen LogP contribution in [0.1, 0.15) is 22.0 Å². The lowest BCUT2D eigenvalue weighted by atomic mass is 10.2. The van der Waals surface area contributed by atoms with Gasteiger partial charge in [0, 0.05) is 26.1 Å². The van der Waals surface area contributed by atoms with Gasteiger partial charge >= 0.3 is 0 Å².